The van der Waals surface area contributed by atoms with Crippen LogP contribution < -0.4 is 0 Å². The third kappa shape index (κ3) is 3.14. The van der Waals surface area contributed by atoms with Crippen molar-refractivity contribution in [1.82, 2.24) is 15.0 Å². The van der Waals surface area contributed by atoms with Gasteiger partial charge in [0.1, 0.15) is 0 Å². The van der Waals surface area contributed by atoms with Crippen LogP contribution in [0.1, 0.15) is 36.4 Å². The summed E-state index contributed by atoms with van der Waals surface area (Å²) < 4.78 is 1.75. The Kier molecular flexibility index (Phi) is 4.28. The molecule has 0 saturated carbocycles. The van der Waals surface area contributed by atoms with Crippen LogP contribution in [0.25, 0.3) is 0 Å². The summed E-state index contributed by atoms with van der Waals surface area (Å²) in [5.74, 6) is 0. The summed E-state index contributed by atoms with van der Waals surface area (Å²) in [4.78, 5) is 1.37. The largest absolute Gasteiger partial charge is 0.387 e. The van der Waals surface area contributed by atoms with E-state index in [1.165, 1.54) is 4.88 Å². The first-order valence-corrected chi connectivity index (χ1v) is 6.78. The minimum atomic E-state index is -0.454. The third-order valence-corrected chi connectivity index (χ3v) is 3.71. The van der Waals surface area contributed by atoms with Gasteiger partial charge in [0.15, 0.2) is 0 Å². The highest BCUT2D eigenvalue weighted by Gasteiger charge is 2.13. The van der Waals surface area contributed by atoms with Gasteiger partial charge in [-0.2, -0.15) is 0 Å². The van der Waals surface area contributed by atoms with Gasteiger partial charge in [0, 0.05) is 11.4 Å². The van der Waals surface area contributed by atoms with E-state index in [1.54, 1.807) is 22.2 Å². The monoisotopic (exact) mass is 251 g/mol. The van der Waals surface area contributed by atoms with Crippen molar-refractivity contribution in [3.05, 3.63) is 34.3 Å². The first-order chi connectivity index (χ1) is 8.31. The van der Waals surface area contributed by atoms with Gasteiger partial charge < -0.3 is 5.11 Å². The van der Waals surface area contributed by atoms with Crippen molar-refractivity contribution in [2.24, 2.45) is 0 Å². The Morgan fingerprint density at radius 1 is 1.53 bits per heavy atom. The van der Waals surface area contributed by atoms with Gasteiger partial charge in [0.25, 0.3) is 0 Å². The lowest BCUT2D eigenvalue weighted by Crippen LogP contribution is -2.08. The molecule has 0 radical (unpaired) electrons. The molecule has 2 aromatic rings. The molecule has 2 aromatic heterocycles. The minimum absolute atomic E-state index is 0.454. The number of aryl methyl sites for hydroxylation is 2. The fourth-order valence-electron chi connectivity index (χ4n) is 1.84. The van der Waals surface area contributed by atoms with Gasteiger partial charge in [-0.25, -0.2) is 4.68 Å². The van der Waals surface area contributed by atoms with E-state index in [0.29, 0.717) is 0 Å². The second-order valence-corrected chi connectivity index (χ2v) is 4.99. The Balaban J connectivity index is 1.83. The number of hydrogen-bond donors (Lipinski definition) is 1. The standard InChI is InChI=1S/C12H17N3OS/c1-2-15-11(9-13-14-15)12(16)7-3-5-10-6-4-8-17-10/h4,6,8-9,12,16H,2-3,5,7H2,1H3. The lowest BCUT2D eigenvalue weighted by molar-refractivity contribution is 0.154. The van der Waals surface area contributed by atoms with Crippen molar-refractivity contribution < 1.29 is 5.11 Å². The zero-order valence-corrected chi connectivity index (χ0v) is 10.7. The minimum Gasteiger partial charge on any atom is -0.387 e. The summed E-state index contributed by atoms with van der Waals surface area (Å²) in [5.41, 5.74) is 0.818. The van der Waals surface area contributed by atoms with Crippen LogP contribution in [0.2, 0.25) is 0 Å². The van der Waals surface area contributed by atoms with E-state index in [-0.39, 0.29) is 0 Å². The molecule has 5 heteroatoms. The SMILES string of the molecule is CCn1nncc1C(O)CCCc1cccs1. The first kappa shape index (κ1) is 12.3. The van der Waals surface area contributed by atoms with Crippen molar-refractivity contribution in [1.29, 1.82) is 0 Å². The fraction of sp³-hybridized carbons (Fsp3) is 0.500. The molecule has 2 heterocycles. The normalized spacial score (nSPS) is 12.8. The number of nitrogens with zero attached hydrogens (tertiary/aromatic N) is 3. The summed E-state index contributed by atoms with van der Waals surface area (Å²) in [6.45, 7) is 2.74. The van der Waals surface area contributed by atoms with Crippen LogP contribution in [-0.2, 0) is 13.0 Å². The molecule has 0 aliphatic carbocycles. The second kappa shape index (κ2) is 5.93. The van der Waals surface area contributed by atoms with Crippen molar-refractivity contribution in [3.63, 3.8) is 0 Å². The van der Waals surface area contributed by atoms with E-state index < -0.39 is 6.10 Å². The van der Waals surface area contributed by atoms with Crippen LogP contribution in [0.4, 0.5) is 0 Å². The van der Waals surface area contributed by atoms with Gasteiger partial charge in [-0.05, 0) is 37.6 Å². The maximum absolute atomic E-state index is 10.1. The lowest BCUT2D eigenvalue weighted by atomic mass is 10.1. The summed E-state index contributed by atoms with van der Waals surface area (Å²) >= 11 is 1.77. The van der Waals surface area contributed by atoms with E-state index >= 15 is 0 Å². The van der Waals surface area contributed by atoms with Crippen molar-refractivity contribution in [2.45, 2.75) is 38.8 Å². The second-order valence-electron chi connectivity index (χ2n) is 3.96. The summed E-state index contributed by atoms with van der Waals surface area (Å²) in [6.07, 6.45) is 3.97. The van der Waals surface area contributed by atoms with Crippen LogP contribution in [0, 0.1) is 0 Å². The number of hydrogen-bond acceptors (Lipinski definition) is 4. The Bertz CT molecular complexity index is 438. The molecule has 1 atom stereocenters. The maximum atomic E-state index is 10.1. The Hall–Kier alpha value is -1.20. The van der Waals surface area contributed by atoms with Crippen LogP contribution in [0.15, 0.2) is 23.7 Å². The van der Waals surface area contributed by atoms with Crippen molar-refractivity contribution in [2.75, 3.05) is 0 Å². The highest BCUT2D eigenvalue weighted by Crippen LogP contribution is 2.19. The average Bonchev–Trinajstić information content (AvgIpc) is 2.99. The summed E-state index contributed by atoms with van der Waals surface area (Å²) in [7, 11) is 0. The van der Waals surface area contributed by atoms with Crippen LogP contribution in [0.3, 0.4) is 0 Å². The molecule has 1 unspecified atom stereocenters. The Morgan fingerprint density at radius 3 is 3.12 bits per heavy atom. The molecule has 2 rings (SSSR count). The molecule has 0 spiro atoms. The van der Waals surface area contributed by atoms with Crippen LogP contribution in [0.5, 0.6) is 0 Å². The van der Waals surface area contributed by atoms with E-state index in [1.807, 2.05) is 6.92 Å². The molecular weight excluding hydrogens is 234 g/mol. The topological polar surface area (TPSA) is 50.9 Å². The molecule has 0 bridgehead atoms. The van der Waals surface area contributed by atoms with Gasteiger partial charge in [-0.15, -0.1) is 16.4 Å². The van der Waals surface area contributed by atoms with E-state index in [2.05, 4.69) is 27.8 Å². The molecule has 0 aromatic carbocycles. The number of thiophene rings is 1. The quantitative estimate of drug-likeness (QED) is 0.857. The summed E-state index contributed by atoms with van der Waals surface area (Å²) in [6, 6.07) is 4.20. The molecular formula is C12H17N3OS. The number of aliphatic hydroxyl groups is 1. The highest BCUT2D eigenvalue weighted by atomic mass is 32.1. The molecule has 0 fully saturated rings. The smallest absolute Gasteiger partial charge is 0.0973 e. The first-order valence-electron chi connectivity index (χ1n) is 5.90. The molecule has 4 nitrogen and oxygen atoms in total. The van der Waals surface area contributed by atoms with Gasteiger partial charge in [-0.1, -0.05) is 11.3 Å². The molecule has 0 aliphatic rings. The van der Waals surface area contributed by atoms with E-state index in [9.17, 15) is 5.11 Å². The van der Waals surface area contributed by atoms with Crippen LogP contribution in [-0.4, -0.2) is 20.1 Å². The summed E-state index contributed by atoms with van der Waals surface area (Å²) in [5, 5.41) is 19.9. The number of aromatic nitrogens is 3. The molecule has 1 N–H and O–H groups in total. The molecule has 0 saturated heterocycles. The van der Waals surface area contributed by atoms with Gasteiger partial charge in [0.2, 0.25) is 0 Å². The Labute approximate surface area is 105 Å². The van der Waals surface area contributed by atoms with E-state index in [4.69, 9.17) is 0 Å². The van der Waals surface area contributed by atoms with Crippen molar-refractivity contribution >= 4 is 11.3 Å². The average molecular weight is 251 g/mol. The van der Waals surface area contributed by atoms with Gasteiger partial charge in [-0.3, -0.25) is 0 Å². The van der Waals surface area contributed by atoms with Gasteiger partial charge >= 0.3 is 0 Å². The zero-order valence-electron chi connectivity index (χ0n) is 9.91. The van der Waals surface area contributed by atoms with Gasteiger partial charge in [0.05, 0.1) is 18.0 Å². The predicted octanol–water partition coefficient (Wildman–Crippen LogP) is 2.42. The molecule has 0 amide bonds. The Morgan fingerprint density at radius 2 is 2.41 bits per heavy atom. The highest BCUT2D eigenvalue weighted by molar-refractivity contribution is 7.09. The maximum Gasteiger partial charge on any atom is 0.0973 e. The third-order valence-electron chi connectivity index (χ3n) is 2.77. The van der Waals surface area contributed by atoms with Crippen LogP contribution >= 0.6 is 11.3 Å². The number of aliphatic hydroxyl groups excluding tert-OH is 1. The molecule has 92 valence electrons. The molecule has 17 heavy (non-hydrogen) atoms. The van der Waals surface area contributed by atoms with Crippen molar-refractivity contribution in [3.8, 4) is 0 Å². The fourth-order valence-corrected chi connectivity index (χ4v) is 2.59. The number of rotatable bonds is 6. The lowest BCUT2D eigenvalue weighted by Gasteiger charge is -2.10. The predicted molar refractivity (Wildman–Crippen MR) is 67.9 cm³/mol. The molecule has 0 aliphatic heterocycles. The zero-order chi connectivity index (χ0) is 12.1. The van der Waals surface area contributed by atoms with E-state index in [0.717, 1.165) is 31.5 Å².